The summed E-state index contributed by atoms with van der Waals surface area (Å²) in [5.74, 6) is 0.756. The van der Waals surface area contributed by atoms with Gasteiger partial charge in [0.05, 0.1) is 25.3 Å². The minimum absolute atomic E-state index is 0.00583. The number of nitrogens with two attached hydrogens (primary N) is 1. The van der Waals surface area contributed by atoms with Gasteiger partial charge < -0.3 is 19.8 Å². The number of nitrogens with zero attached hydrogens (tertiary/aromatic N) is 1. The maximum atomic E-state index is 11.7. The molecule has 1 atom stereocenters. The molecule has 0 bridgehead atoms. The summed E-state index contributed by atoms with van der Waals surface area (Å²) >= 11 is 0. The van der Waals surface area contributed by atoms with Crippen LogP contribution in [0.3, 0.4) is 0 Å². The molecule has 1 aromatic heterocycles. The Bertz CT molecular complexity index is 307. The summed E-state index contributed by atoms with van der Waals surface area (Å²) in [6, 6.07) is 3.63. The zero-order valence-electron chi connectivity index (χ0n) is 9.68. The second-order valence-electron chi connectivity index (χ2n) is 3.63. The number of amides is 1. The number of hydrogen-bond acceptors (Lipinski definition) is 4. The van der Waals surface area contributed by atoms with Gasteiger partial charge in [-0.15, -0.1) is 0 Å². The summed E-state index contributed by atoms with van der Waals surface area (Å²) in [5.41, 5.74) is 5.45. The molecule has 2 N–H and O–H groups in total. The first-order chi connectivity index (χ1) is 7.67. The van der Waals surface area contributed by atoms with Crippen LogP contribution in [-0.2, 0) is 16.1 Å². The molecule has 0 aromatic carbocycles. The summed E-state index contributed by atoms with van der Waals surface area (Å²) in [4.78, 5) is 13.3. The van der Waals surface area contributed by atoms with Crippen molar-refractivity contribution >= 4 is 5.91 Å². The van der Waals surface area contributed by atoms with E-state index in [0.29, 0.717) is 19.5 Å². The zero-order valence-corrected chi connectivity index (χ0v) is 9.68. The lowest BCUT2D eigenvalue weighted by Crippen LogP contribution is -2.33. The highest BCUT2D eigenvalue weighted by Crippen LogP contribution is 2.06. The van der Waals surface area contributed by atoms with E-state index in [4.69, 9.17) is 14.9 Å². The summed E-state index contributed by atoms with van der Waals surface area (Å²) in [7, 11) is 3.28. The summed E-state index contributed by atoms with van der Waals surface area (Å²) in [6.07, 6.45) is 1.67. The molecule has 0 aliphatic heterocycles. The van der Waals surface area contributed by atoms with E-state index in [0.717, 1.165) is 5.76 Å². The number of ether oxygens (including phenoxy) is 1. The van der Waals surface area contributed by atoms with Gasteiger partial charge in [0.25, 0.3) is 0 Å². The van der Waals surface area contributed by atoms with Gasteiger partial charge in [0, 0.05) is 20.7 Å². The Hall–Kier alpha value is -1.33. The van der Waals surface area contributed by atoms with Crippen molar-refractivity contribution in [2.24, 2.45) is 5.73 Å². The maximum Gasteiger partial charge on any atom is 0.225 e. The Kier molecular flexibility index (Phi) is 5.01. The number of furan rings is 1. The van der Waals surface area contributed by atoms with Crippen molar-refractivity contribution in [1.29, 1.82) is 0 Å². The quantitative estimate of drug-likeness (QED) is 0.771. The van der Waals surface area contributed by atoms with Gasteiger partial charge in [-0.05, 0) is 12.1 Å². The Labute approximate surface area is 95.2 Å². The van der Waals surface area contributed by atoms with E-state index >= 15 is 0 Å². The van der Waals surface area contributed by atoms with Crippen LogP contribution in [0.5, 0.6) is 0 Å². The standard InChI is InChI=1S/C11H18N2O3/c1-13(8-9-4-3-5-16-9)11(14)6-10(7-12)15-2/h3-5,10H,6-8,12H2,1-2H3. The van der Waals surface area contributed by atoms with Gasteiger partial charge in [0.15, 0.2) is 0 Å². The number of carbonyl (C=O) groups is 1. The van der Waals surface area contributed by atoms with Gasteiger partial charge >= 0.3 is 0 Å². The van der Waals surface area contributed by atoms with Crippen LogP contribution < -0.4 is 5.73 Å². The average Bonchev–Trinajstić information content (AvgIpc) is 2.78. The number of rotatable bonds is 6. The topological polar surface area (TPSA) is 68.7 Å². The van der Waals surface area contributed by atoms with Crippen LogP contribution in [0.15, 0.2) is 22.8 Å². The lowest BCUT2D eigenvalue weighted by Gasteiger charge is -2.19. The third-order valence-corrected chi connectivity index (χ3v) is 2.40. The van der Waals surface area contributed by atoms with Gasteiger partial charge in [0.1, 0.15) is 5.76 Å². The van der Waals surface area contributed by atoms with E-state index in [1.54, 1.807) is 31.4 Å². The summed E-state index contributed by atoms with van der Waals surface area (Å²) in [5, 5.41) is 0. The van der Waals surface area contributed by atoms with Crippen molar-refractivity contribution in [3.8, 4) is 0 Å². The van der Waals surface area contributed by atoms with Crippen molar-refractivity contribution < 1.29 is 13.9 Å². The predicted octanol–water partition coefficient (Wildman–Crippen LogP) is 0.602. The molecule has 0 aliphatic rings. The van der Waals surface area contributed by atoms with Crippen LogP contribution in [0.25, 0.3) is 0 Å². The highest BCUT2D eigenvalue weighted by molar-refractivity contribution is 5.76. The normalized spacial score (nSPS) is 12.4. The molecule has 0 spiro atoms. The zero-order chi connectivity index (χ0) is 12.0. The molecular formula is C11H18N2O3. The molecule has 0 saturated heterocycles. The Morgan fingerprint density at radius 1 is 1.69 bits per heavy atom. The fraction of sp³-hybridized carbons (Fsp3) is 0.545. The van der Waals surface area contributed by atoms with Gasteiger partial charge in [-0.25, -0.2) is 0 Å². The third-order valence-electron chi connectivity index (χ3n) is 2.40. The molecule has 1 amide bonds. The summed E-state index contributed by atoms with van der Waals surface area (Å²) < 4.78 is 10.2. The molecule has 0 radical (unpaired) electrons. The van der Waals surface area contributed by atoms with Crippen molar-refractivity contribution in [3.05, 3.63) is 24.2 Å². The molecule has 16 heavy (non-hydrogen) atoms. The van der Waals surface area contributed by atoms with Crippen LogP contribution in [0, 0.1) is 0 Å². The first-order valence-corrected chi connectivity index (χ1v) is 5.16. The number of methoxy groups -OCH3 is 1. The Balaban J connectivity index is 2.41. The number of hydrogen-bond donors (Lipinski definition) is 1. The maximum absolute atomic E-state index is 11.7. The van der Waals surface area contributed by atoms with E-state index < -0.39 is 0 Å². The second kappa shape index (κ2) is 6.30. The predicted molar refractivity (Wildman–Crippen MR) is 59.7 cm³/mol. The van der Waals surface area contributed by atoms with Gasteiger partial charge in [-0.2, -0.15) is 0 Å². The molecule has 0 saturated carbocycles. The SMILES string of the molecule is COC(CN)CC(=O)N(C)Cc1ccco1. The molecule has 1 heterocycles. The van der Waals surface area contributed by atoms with Gasteiger partial charge in [-0.3, -0.25) is 4.79 Å². The molecule has 5 nitrogen and oxygen atoms in total. The fourth-order valence-electron chi connectivity index (χ4n) is 1.34. The molecule has 1 unspecified atom stereocenters. The first-order valence-electron chi connectivity index (χ1n) is 5.16. The number of carbonyl (C=O) groups excluding carboxylic acids is 1. The second-order valence-corrected chi connectivity index (χ2v) is 3.63. The van der Waals surface area contributed by atoms with E-state index in [9.17, 15) is 4.79 Å². The largest absolute Gasteiger partial charge is 0.467 e. The van der Waals surface area contributed by atoms with Crippen molar-refractivity contribution in [2.45, 2.75) is 19.1 Å². The van der Waals surface area contributed by atoms with Crippen LogP contribution in [0.4, 0.5) is 0 Å². The minimum atomic E-state index is -0.216. The van der Waals surface area contributed by atoms with Gasteiger partial charge in [0.2, 0.25) is 5.91 Å². The van der Waals surface area contributed by atoms with E-state index in [2.05, 4.69) is 0 Å². The molecule has 0 fully saturated rings. The van der Waals surface area contributed by atoms with Crippen molar-refractivity contribution in [2.75, 3.05) is 20.7 Å². The molecule has 1 rings (SSSR count). The van der Waals surface area contributed by atoms with E-state index in [-0.39, 0.29) is 12.0 Å². The Morgan fingerprint density at radius 3 is 2.94 bits per heavy atom. The average molecular weight is 226 g/mol. The first kappa shape index (κ1) is 12.7. The van der Waals surface area contributed by atoms with Gasteiger partial charge in [-0.1, -0.05) is 0 Å². The molecular weight excluding hydrogens is 208 g/mol. The molecule has 1 aromatic rings. The van der Waals surface area contributed by atoms with E-state index in [1.165, 1.54) is 0 Å². The monoisotopic (exact) mass is 226 g/mol. The highest BCUT2D eigenvalue weighted by Gasteiger charge is 2.16. The fourth-order valence-corrected chi connectivity index (χ4v) is 1.34. The minimum Gasteiger partial charge on any atom is -0.467 e. The van der Waals surface area contributed by atoms with Crippen LogP contribution >= 0.6 is 0 Å². The summed E-state index contributed by atoms with van der Waals surface area (Å²) in [6.45, 7) is 0.809. The Morgan fingerprint density at radius 2 is 2.44 bits per heavy atom. The van der Waals surface area contributed by atoms with Crippen LogP contribution in [0.1, 0.15) is 12.2 Å². The van der Waals surface area contributed by atoms with Crippen LogP contribution in [0.2, 0.25) is 0 Å². The smallest absolute Gasteiger partial charge is 0.225 e. The lowest BCUT2D eigenvalue weighted by molar-refractivity contribution is -0.133. The van der Waals surface area contributed by atoms with E-state index in [1.807, 2.05) is 6.07 Å². The molecule has 5 heteroatoms. The van der Waals surface area contributed by atoms with Crippen LogP contribution in [-0.4, -0.2) is 37.6 Å². The third kappa shape index (κ3) is 3.67. The van der Waals surface area contributed by atoms with Crippen molar-refractivity contribution in [3.63, 3.8) is 0 Å². The molecule has 0 aliphatic carbocycles. The van der Waals surface area contributed by atoms with Crippen molar-refractivity contribution in [1.82, 2.24) is 4.90 Å². The lowest BCUT2D eigenvalue weighted by atomic mass is 10.2. The molecule has 90 valence electrons. The highest BCUT2D eigenvalue weighted by atomic mass is 16.5.